The van der Waals surface area contributed by atoms with Gasteiger partial charge in [0, 0.05) is 9.26 Å². The predicted octanol–water partition coefficient (Wildman–Crippen LogP) is 3.00. The number of hydrogen-bond donors (Lipinski definition) is 2. The molecule has 134 valence electrons. The van der Waals surface area contributed by atoms with Gasteiger partial charge in [-0.15, -0.1) is 0 Å². The van der Waals surface area contributed by atoms with Crippen molar-refractivity contribution in [2.24, 2.45) is 0 Å². The maximum atomic E-state index is 12.4. The van der Waals surface area contributed by atoms with Crippen LogP contribution in [0.3, 0.4) is 0 Å². The zero-order chi connectivity index (χ0) is 18.4. The molecule has 0 heterocycles. The summed E-state index contributed by atoms with van der Waals surface area (Å²) in [6.07, 6.45) is 0. The van der Waals surface area contributed by atoms with E-state index < -0.39 is 22.0 Å². The first kappa shape index (κ1) is 19.7. The number of hydrogen-bond acceptors (Lipinski definition) is 4. The Morgan fingerprint density at radius 1 is 1.12 bits per heavy atom. The van der Waals surface area contributed by atoms with Crippen molar-refractivity contribution < 1.29 is 17.9 Å². The molecule has 2 N–H and O–H groups in total. The van der Waals surface area contributed by atoms with Crippen LogP contribution in [-0.4, -0.2) is 27.0 Å². The maximum Gasteiger partial charge on any atom is 0.242 e. The Kier molecular flexibility index (Phi) is 6.79. The number of rotatable bonds is 7. The summed E-state index contributed by atoms with van der Waals surface area (Å²) in [6.45, 7) is 3.84. The molecule has 25 heavy (non-hydrogen) atoms. The Balaban J connectivity index is 2.03. The van der Waals surface area contributed by atoms with Crippen molar-refractivity contribution in [3.63, 3.8) is 0 Å². The molecule has 0 aliphatic rings. The van der Waals surface area contributed by atoms with Gasteiger partial charge in [-0.2, -0.15) is 4.72 Å². The lowest BCUT2D eigenvalue weighted by Gasteiger charge is -2.15. The summed E-state index contributed by atoms with van der Waals surface area (Å²) < 4.78 is 33.5. The molecule has 1 amide bonds. The summed E-state index contributed by atoms with van der Waals surface area (Å²) in [5, 5.41) is 2.68. The molecule has 2 rings (SSSR count). The molecule has 0 radical (unpaired) electrons. The van der Waals surface area contributed by atoms with Crippen LogP contribution < -0.4 is 14.8 Å². The third kappa shape index (κ3) is 5.68. The van der Waals surface area contributed by atoms with Gasteiger partial charge in [-0.3, -0.25) is 4.79 Å². The van der Waals surface area contributed by atoms with Gasteiger partial charge >= 0.3 is 0 Å². The average molecular weight is 474 g/mol. The normalized spacial score (nSPS) is 12.4. The molecule has 8 heteroatoms. The summed E-state index contributed by atoms with van der Waals surface area (Å²) in [7, 11) is -3.80. The molecule has 0 fully saturated rings. The molecular weight excluding hydrogens is 455 g/mol. The summed E-state index contributed by atoms with van der Waals surface area (Å²) in [5.74, 6) is 0.154. The van der Waals surface area contributed by atoms with Crippen LogP contribution >= 0.6 is 22.6 Å². The van der Waals surface area contributed by atoms with Crippen molar-refractivity contribution in [1.29, 1.82) is 0 Å². The fourth-order valence-electron chi connectivity index (χ4n) is 2.02. The van der Waals surface area contributed by atoms with Crippen LogP contribution in [0.15, 0.2) is 53.4 Å². The van der Waals surface area contributed by atoms with E-state index in [0.717, 1.165) is 3.57 Å². The Morgan fingerprint density at radius 2 is 1.72 bits per heavy atom. The number of benzene rings is 2. The minimum Gasteiger partial charge on any atom is -0.494 e. The lowest BCUT2D eigenvalue weighted by atomic mass is 10.3. The second kappa shape index (κ2) is 8.63. The molecule has 0 aliphatic carbocycles. The predicted molar refractivity (Wildman–Crippen MR) is 105 cm³/mol. The zero-order valence-corrected chi connectivity index (χ0v) is 16.8. The number of amides is 1. The molecule has 0 aliphatic heterocycles. The molecule has 0 saturated carbocycles. The van der Waals surface area contributed by atoms with Crippen molar-refractivity contribution >= 4 is 44.2 Å². The fraction of sp³-hybridized carbons (Fsp3) is 0.235. The number of ether oxygens (including phenoxy) is 1. The lowest BCUT2D eigenvalue weighted by molar-refractivity contribution is -0.117. The molecule has 1 atom stereocenters. The Labute approximate surface area is 161 Å². The first-order valence-corrected chi connectivity index (χ1v) is 10.2. The second-order valence-electron chi connectivity index (χ2n) is 5.24. The van der Waals surface area contributed by atoms with Crippen LogP contribution in [0.5, 0.6) is 5.75 Å². The largest absolute Gasteiger partial charge is 0.494 e. The van der Waals surface area contributed by atoms with E-state index in [1.807, 2.05) is 19.1 Å². The van der Waals surface area contributed by atoms with Gasteiger partial charge in [0.25, 0.3) is 0 Å². The molecule has 0 saturated heterocycles. The van der Waals surface area contributed by atoms with Gasteiger partial charge in [0.15, 0.2) is 0 Å². The van der Waals surface area contributed by atoms with E-state index in [-0.39, 0.29) is 4.90 Å². The maximum absolute atomic E-state index is 12.4. The van der Waals surface area contributed by atoms with Gasteiger partial charge in [0.2, 0.25) is 15.9 Å². The standard InChI is InChI=1S/C17H19IN2O4S/c1-3-24-15-8-10-16(11-9-15)25(22,23)20-12(2)17(21)19-14-6-4-13(18)5-7-14/h4-12,20H,3H2,1-2H3,(H,19,21)/t12-/m1/s1. The average Bonchev–Trinajstić information content (AvgIpc) is 2.57. The first-order valence-electron chi connectivity index (χ1n) is 7.63. The van der Waals surface area contributed by atoms with Crippen molar-refractivity contribution in [3.8, 4) is 5.75 Å². The number of carbonyl (C=O) groups is 1. The topological polar surface area (TPSA) is 84.5 Å². The summed E-state index contributed by atoms with van der Waals surface area (Å²) in [5.41, 5.74) is 0.609. The minimum absolute atomic E-state index is 0.0740. The van der Waals surface area contributed by atoms with Crippen LogP contribution in [0.25, 0.3) is 0 Å². The van der Waals surface area contributed by atoms with Crippen molar-refractivity contribution in [1.82, 2.24) is 4.72 Å². The van der Waals surface area contributed by atoms with Crippen molar-refractivity contribution in [3.05, 3.63) is 52.1 Å². The first-order chi connectivity index (χ1) is 11.8. The lowest BCUT2D eigenvalue weighted by Crippen LogP contribution is -2.41. The third-order valence-electron chi connectivity index (χ3n) is 3.28. The quantitative estimate of drug-likeness (QED) is 0.605. The third-order valence-corrected chi connectivity index (χ3v) is 5.56. The highest BCUT2D eigenvalue weighted by Crippen LogP contribution is 2.16. The molecule has 0 spiro atoms. The van der Waals surface area contributed by atoms with E-state index in [1.54, 1.807) is 24.3 Å². The van der Waals surface area contributed by atoms with E-state index >= 15 is 0 Å². The van der Waals surface area contributed by atoms with Crippen LogP contribution in [-0.2, 0) is 14.8 Å². The summed E-state index contributed by atoms with van der Waals surface area (Å²) in [6, 6.07) is 12.3. The van der Waals surface area contributed by atoms with Crippen LogP contribution in [0.2, 0.25) is 0 Å². The Bertz CT molecular complexity index is 821. The Hall–Kier alpha value is -1.65. The highest BCUT2D eigenvalue weighted by molar-refractivity contribution is 14.1. The van der Waals surface area contributed by atoms with Gasteiger partial charge in [0.05, 0.1) is 17.5 Å². The fourth-order valence-corrected chi connectivity index (χ4v) is 3.58. The van der Waals surface area contributed by atoms with Crippen LogP contribution in [0, 0.1) is 3.57 Å². The number of anilines is 1. The molecule has 0 aromatic heterocycles. The van der Waals surface area contributed by atoms with Gasteiger partial charge in [-0.25, -0.2) is 8.42 Å². The van der Waals surface area contributed by atoms with Crippen molar-refractivity contribution in [2.45, 2.75) is 24.8 Å². The van der Waals surface area contributed by atoms with Crippen LogP contribution in [0.1, 0.15) is 13.8 Å². The van der Waals surface area contributed by atoms with E-state index in [1.165, 1.54) is 19.1 Å². The van der Waals surface area contributed by atoms with Gasteiger partial charge in [-0.05, 0) is 85.0 Å². The molecule has 2 aromatic rings. The van der Waals surface area contributed by atoms with Gasteiger partial charge in [0.1, 0.15) is 5.75 Å². The van der Waals surface area contributed by atoms with Gasteiger partial charge in [-0.1, -0.05) is 0 Å². The molecular formula is C17H19IN2O4S. The van der Waals surface area contributed by atoms with E-state index in [0.29, 0.717) is 18.0 Å². The van der Waals surface area contributed by atoms with Crippen molar-refractivity contribution in [2.75, 3.05) is 11.9 Å². The van der Waals surface area contributed by atoms with Gasteiger partial charge < -0.3 is 10.1 Å². The monoisotopic (exact) mass is 474 g/mol. The molecule has 0 bridgehead atoms. The smallest absolute Gasteiger partial charge is 0.242 e. The molecule has 6 nitrogen and oxygen atoms in total. The zero-order valence-electron chi connectivity index (χ0n) is 13.8. The van der Waals surface area contributed by atoms with E-state index in [4.69, 9.17) is 4.74 Å². The highest BCUT2D eigenvalue weighted by Gasteiger charge is 2.22. The van der Waals surface area contributed by atoms with Crippen LogP contribution in [0.4, 0.5) is 5.69 Å². The highest BCUT2D eigenvalue weighted by atomic mass is 127. The summed E-state index contributed by atoms with van der Waals surface area (Å²) >= 11 is 2.16. The number of sulfonamides is 1. The number of nitrogens with one attached hydrogen (secondary N) is 2. The molecule has 2 aromatic carbocycles. The number of carbonyl (C=O) groups excluding carboxylic acids is 1. The Morgan fingerprint density at radius 3 is 2.28 bits per heavy atom. The summed E-state index contributed by atoms with van der Waals surface area (Å²) in [4.78, 5) is 12.3. The number of halogens is 1. The second-order valence-corrected chi connectivity index (χ2v) is 8.20. The minimum atomic E-state index is -3.80. The van der Waals surface area contributed by atoms with E-state index in [9.17, 15) is 13.2 Å². The molecule has 0 unspecified atom stereocenters. The van der Waals surface area contributed by atoms with E-state index in [2.05, 4.69) is 32.6 Å². The SMILES string of the molecule is CCOc1ccc(S(=O)(=O)N[C@H](C)C(=O)Nc2ccc(I)cc2)cc1.